The Balaban J connectivity index is 1.49. The average Bonchev–Trinajstić information content (AvgIpc) is 3.07. The van der Waals surface area contributed by atoms with Gasteiger partial charge in [-0.05, 0) is 73.2 Å². The van der Waals surface area contributed by atoms with Crippen LogP contribution < -0.4 is 14.4 Å². The molecule has 1 saturated heterocycles. The summed E-state index contributed by atoms with van der Waals surface area (Å²) in [5.74, 6) is 2.09. The molecular weight excluding hydrogens is 623 g/mol. The van der Waals surface area contributed by atoms with E-state index in [0.29, 0.717) is 43.5 Å². The highest BCUT2D eigenvalue weighted by atomic mass is 19.1. The van der Waals surface area contributed by atoms with Crippen molar-refractivity contribution in [3.8, 4) is 22.8 Å². The Labute approximate surface area is 288 Å². The first kappa shape index (κ1) is 35.5. The molecule has 11 heteroatoms. The van der Waals surface area contributed by atoms with Crippen LogP contribution in [0.1, 0.15) is 63.2 Å². The molecule has 0 radical (unpaired) electrons. The third kappa shape index (κ3) is 8.10. The van der Waals surface area contributed by atoms with E-state index in [2.05, 4.69) is 54.4 Å². The number of carbonyl (C=O) groups is 1. The van der Waals surface area contributed by atoms with Crippen LogP contribution in [0.2, 0.25) is 0 Å². The maximum atomic E-state index is 15.6. The average molecular weight is 671 g/mol. The van der Waals surface area contributed by atoms with Crippen LogP contribution in [0.3, 0.4) is 0 Å². The fraction of sp³-hybridized carbons (Fsp3) is 0.421. The quantitative estimate of drug-likeness (QED) is 0.173. The molecule has 1 amide bonds. The van der Waals surface area contributed by atoms with Gasteiger partial charge in [0.1, 0.15) is 23.1 Å². The molecule has 1 aliphatic heterocycles. The van der Waals surface area contributed by atoms with Crippen LogP contribution in [0.5, 0.6) is 11.5 Å². The summed E-state index contributed by atoms with van der Waals surface area (Å²) in [6.07, 6.45) is 0.660. The van der Waals surface area contributed by atoms with Crippen LogP contribution in [-0.4, -0.2) is 75.3 Å². The van der Waals surface area contributed by atoms with Crippen LogP contribution in [0.4, 0.5) is 15.0 Å². The van der Waals surface area contributed by atoms with Crippen LogP contribution in [0, 0.1) is 18.3 Å². The maximum absolute atomic E-state index is 15.6. The number of amides is 1. The van der Waals surface area contributed by atoms with Crippen molar-refractivity contribution >= 4 is 11.9 Å². The second-order valence-corrected chi connectivity index (χ2v) is 13.8. The van der Waals surface area contributed by atoms with Gasteiger partial charge in [0.25, 0.3) is 0 Å². The molecule has 0 bridgehead atoms. The number of aryl methyl sites for hydroxylation is 1. The van der Waals surface area contributed by atoms with Crippen molar-refractivity contribution in [3.63, 3.8) is 0 Å². The highest BCUT2D eigenvalue weighted by Gasteiger charge is 2.44. The Hall–Kier alpha value is -4.77. The molecule has 1 aliphatic rings. The predicted molar refractivity (Wildman–Crippen MR) is 188 cm³/mol. The number of carboxylic acid groups (broad SMARTS) is 1. The molecule has 1 unspecified atom stereocenters. The standard InChI is InChI=1S/C38H47FN6O4/c1-24(44-17-18-45(37(46)47)35(25(44)2)38(4,5)6)29-19-32(36(39)40-21-29)33-20-34(42-26(3)41-33)43(22-27-9-13-30(48-7)14-10-27)23-28-11-15-31(49-8)16-12-28/h9-16,19-21,24-25,35H,17-18,22-23H2,1-8H3,(H,46,47)/t24-,25+,35?/m1/s1. The van der Waals surface area contributed by atoms with Crippen molar-refractivity contribution in [1.29, 1.82) is 0 Å². The highest BCUT2D eigenvalue weighted by Crippen LogP contribution is 2.37. The van der Waals surface area contributed by atoms with Crippen LogP contribution >= 0.6 is 0 Å². The van der Waals surface area contributed by atoms with E-state index in [1.54, 1.807) is 32.2 Å². The minimum atomic E-state index is -0.909. The van der Waals surface area contributed by atoms with E-state index in [4.69, 9.17) is 14.5 Å². The van der Waals surface area contributed by atoms with E-state index in [9.17, 15) is 9.90 Å². The smallest absolute Gasteiger partial charge is 0.407 e. The first-order valence-corrected chi connectivity index (χ1v) is 16.6. The van der Waals surface area contributed by atoms with Gasteiger partial charge in [0.05, 0.1) is 31.5 Å². The molecule has 0 spiro atoms. The van der Waals surface area contributed by atoms with Crippen molar-refractivity contribution in [2.24, 2.45) is 5.41 Å². The normalized spacial score (nSPS) is 17.4. The Morgan fingerprint density at radius 3 is 2.06 bits per heavy atom. The van der Waals surface area contributed by atoms with E-state index in [1.165, 1.54) is 0 Å². The van der Waals surface area contributed by atoms with E-state index in [0.717, 1.165) is 28.2 Å². The molecule has 2 aromatic heterocycles. The summed E-state index contributed by atoms with van der Waals surface area (Å²) >= 11 is 0. The summed E-state index contributed by atoms with van der Waals surface area (Å²) in [7, 11) is 3.28. The molecule has 0 aliphatic carbocycles. The van der Waals surface area contributed by atoms with E-state index < -0.39 is 12.0 Å². The Morgan fingerprint density at radius 1 is 0.980 bits per heavy atom. The number of hydrogen-bond donors (Lipinski definition) is 1. The van der Waals surface area contributed by atoms with Gasteiger partial charge < -0.3 is 24.4 Å². The van der Waals surface area contributed by atoms with Crippen molar-refractivity contribution in [1.82, 2.24) is 24.8 Å². The number of nitrogens with zero attached hydrogens (tertiary/aromatic N) is 6. The van der Waals surface area contributed by atoms with Gasteiger partial charge in [0, 0.05) is 50.5 Å². The zero-order valence-electron chi connectivity index (χ0n) is 29.6. The zero-order valence-corrected chi connectivity index (χ0v) is 29.6. The number of rotatable bonds is 10. The molecule has 49 heavy (non-hydrogen) atoms. The Morgan fingerprint density at radius 2 is 1.55 bits per heavy atom. The van der Waals surface area contributed by atoms with Gasteiger partial charge in [-0.2, -0.15) is 4.39 Å². The maximum Gasteiger partial charge on any atom is 0.407 e. The van der Waals surface area contributed by atoms with E-state index >= 15 is 4.39 Å². The summed E-state index contributed by atoms with van der Waals surface area (Å²) in [4.78, 5) is 31.8. The zero-order chi connectivity index (χ0) is 35.5. The Bertz CT molecular complexity index is 1700. The SMILES string of the molecule is COc1ccc(CN(Cc2ccc(OC)cc2)c2cc(-c3cc([C@@H](C)N4CCN(C(=O)O)C(C(C)(C)C)[C@@H]4C)cnc3F)nc(C)n2)cc1. The molecule has 3 atom stereocenters. The lowest BCUT2D eigenvalue weighted by Gasteiger charge is -2.52. The largest absolute Gasteiger partial charge is 0.497 e. The van der Waals surface area contributed by atoms with Gasteiger partial charge in [-0.15, -0.1) is 0 Å². The molecule has 2 aromatic carbocycles. The highest BCUT2D eigenvalue weighted by molar-refractivity contribution is 5.66. The minimum absolute atomic E-state index is 0.0780. The summed E-state index contributed by atoms with van der Waals surface area (Å²) in [6.45, 7) is 14.2. The molecular formula is C38H47FN6O4. The number of ether oxygens (including phenoxy) is 2. The van der Waals surface area contributed by atoms with Gasteiger partial charge in [-0.1, -0.05) is 45.0 Å². The van der Waals surface area contributed by atoms with Crippen molar-refractivity contribution in [2.45, 2.75) is 72.8 Å². The molecule has 260 valence electrons. The molecule has 3 heterocycles. The number of anilines is 1. The van der Waals surface area contributed by atoms with Crippen molar-refractivity contribution in [2.75, 3.05) is 32.2 Å². The number of aromatic nitrogens is 3. The lowest BCUT2D eigenvalue weighted by molar-refractivity contribution is -0.0303. The van der Waals surface area contributed by atoms with Crippen LogP contribution in [0.15, 0.2) is 66.9 Å². The first-order valence-electron chi connectivity index (χ1n) is 16.6. The molecule has 5 rings (SSSR count). The number of benzene rings is 2. The summed E-state index contributed by atoms with van der Waals surface area (Å²) in [5, 5.41) is 9.95. The summed E-state index contributed by atoms with van der Waals surface area (Å²) in [6, 6.07) is 19.0. The van der Waals surface area contributed by atoms with Gasteiger partial charge in [-0.3, -0.25) is 4.90 Å². The summed E-state index contributed by atoms with van der Waals surface area (Å²) < 4.78 is 26.3. The third-order valence-corrected chi connectivity index (χ3v) is 9.38. The van der Waals surface area contributed by atoms with Crippen molar-refractivity contribution < 1.29 is 23.8 Å². The predicted octanol–water partition coefficient (Wildman–Crippen LogP) is 7.37. The molecule has 1 N–H and O–H groups in total. The van der Waals surface area contributed by atoms with Gasteiger partial charge >= 0.3 is 6.09 Å². The number of hydrogen-bond acceptors (Lipinski definition) is 8. The number of methoxy groups -OCH3 is 2. The number of halogens is 1. The van der Waals surface area contributed by atoms with Crippen molar-refractivity contribution in [3.05, 3.63) is 95.3 Å². The number of piperazine rings is 1. The molecule has 0 saturated carbocycles. The monoisotopic (exact) mass is 670 g/mol. The van der Waals surface area contributed by atoms with Gasteiger partial charge in [0.2, 0.25) is 5.95 Å². The summed E-state index contributed by atoms with van der Waals surface area (Å²) in [5.41, 5.74) is 3.39. The second kappa shape index (κ2) is 14.8. The fourth-order valence-corrected chi connectivity index (χ4v) is 7.00. The first-order chi connectivity index (χ1) is 23.3. The van der Waals surface area contributed by atoms with Gasteiger partial charge in [-0.25, -0.2) is 19.7 Å². The third-order valence-electron chi connectivity index (χ3n) is 9.38. The minimum Gasteiger partial charge on any atom is -0.497 e. The number of pyridine rings is 1. The molecule has 10 nitrogen and oxygen atoms in total. The Kier molecular flexibility index (Phi) is 10.7. The van der Waals surface area contributed by atoms with E-state index in [-0.39, 0.29) is 29.1 Å². The van der Waals surface area contributed by atoms with E-state index in [1.807, 2.05) is 60.7 Å². The lowest BCUT2D eigenvalue weighted by Crippen LogP contribution is -2.64. The van der Waals surface area contributed by atoms with Crippen LogP contribution in [0.25, 0.3) is 11.3 Å². The lowest BCUT2D eigenvalue weighted by atomic mass is 9.79. The fourth-order valence-electron chi connectivity index (χ4n) is 7.00. The second-order valence-electron chi connectivity index (χ2n) is 13.8. The topological polar surface area (TPSA) is 104 Å². The molecule has 4 aromatic rings. The molecule has 1 fully saturated rings. The van der Waals surface area contributed by atoms with Crippen LogP contribution in [-0.2, 0) is 13.1 Å². The van der Waals surface area contributed by atoms with Gasteiger partial charge in [0.15, 0.2) is 0 Å².